The molecule has 0 amide bonds. The van der Waals surface area contributed by atoms with Crippen LogP contribution in [0, 0.1) is 13.8 Å². The topological polar surface area (TPSA) is 62.4 Å². The summed E-state index contributed by atoms with van der Waals surface area (Å²) in [4.78, 5) is 5.65. The third kappa shape index (κ3) is 4.07. The average molecular weight is 289 g/mol. The van der Waals surface area contributed by atoms with Crippen LogP contribution in [0.2, 0.25) is 0 Å². The summed E-state index contributed by atoms with van der Waals surface area (Å²) in [6.45, 7) is 2.84. The van der Waals surface area contributed by atoms with E-state index in [1.54, 1.807) is 19.9 Å². The number of aliphatic hydroxyl groups excluding tert-OH is 1. The molecule has 0 aromatic carbocycles. The molecule has 0 unspecified atom stereocenters. The Balaban J connectivity index is 3.30. The van der Waals surface area contributed by atoms with Crippen molar-refractivity contribution in [2.75, 3.05) is 24.6 Å². The average Bonchev–Trinajstić information content (AvgIpc) is 2.25. The number of aliphatic hydroxyl groups is 1. The first-order chi connectivity index (χ1) is 8.86. The smallest absolute Gasteiger partial charge is 0.255 e. The highest BCUT2D eigenvalue weighted by molar-refractivity contribution is 7.80. The second-order valence-electron chi connectivity index (χ2n) is 4.20. The quantitative estimate of drug-likeness (QED) is 0.775. The number of hydrogen-bond donors (Lipinski definition) is 2. The van der Waals surface area contributed by atoms with E-state index < -0.39 is 13.0 Å². The van der Waals surface area contributed by atoms with Gasteiger partial charge in [0.25, 0.3) is 6.43 Å². The fourth-order valence-corrected chi connectivity index (χ4v) is 2.17. The van der Waals surface area contributed by atoms with Crippen molar-refractivity contribution in [2.45, 2.75) is 20.3 Å². The third-order valence-corrected chi connectivity index (χ3v) is 2.80. The van der Waals surface area contributed by atoms with Gasteiger partial charge >= 0.3 is 0 Å². The van der Waals surface area contributed by atoms with Crippen LogP contribution < -0.4 is 10.6 Å². The van der Waals surface area contributed by atoms with Gasteiger partial charge in [0.1, 0.15) is 10.8 Å². The molecular formula is C12H17F2N3OS. The second kappa shape index (κ2) is 6.72. The summed E-state index contributed by atoms with van der Waals surface area (Å²) in [6.07, 6.45) is -2.53. The Morgan fingerprint density at radius 2 is 2.16 bits per heavy atom. The molecule has 19 heavy (non-hydrogen) atoms. The standard InChI is InChI=1S/C12H17F2N3OS/c1-7-5-8(2)16-12(10(7)11(15)19)17(3-4-18)6-9(13)14/h5,9,18H,3-4,6H2,1-2H3,(H2,15,19). The minimum Gasteiger partial charge on any atom is -0.395 e. The molecule has 1 aromatic heterocycles. The van der Waals surface area contributed by atoms with E-state index in [0.29, 0.717) is 17.1 Å². The largest absolute Gasteiger partial charge is 0.395 e. The fraction of sp³-hybridized carbons (Fsp3) is 0.500. The van der Waals surface area contributed by atoms with Crippen LogP contribution in [0.3, 0.4) is 0 Å². The van der Waals surface area contributed by atoms with E-state index in [2.05, 4.69) is 4.98 Å². The molecule has 0 radical (unpaired) electrons. The normalized spacial score (nSPS) is 10.8. The van der Waals surface area contributed by atoms with Crippen LogP contribution in [0.1, 0.15) is 16.8 Å². The maximum absolute atomic E-state index is 12.6. The number of rotatable bonds is 6. The molecule has 0 aliphatic heterocycles. The van der Waals surface area contributed by atoms with Crippen LogP contribution in [-0.2, 0) is 0 Å². The molecule has 4 nitrogen and oxygen atoms in total. The molecule has 0 saturated carbocycles. The van der Waals surface area contributed by atoms with Crippen molar-refractivity contribution in [1.29, 1.82) is 0 Å². The fourth-order valence-electron chi connectivity index (χ4n) is 1.92. The first kappa shape index (κ1) is 15.7. The summed E-state index contributed by atoms with van der Waals surface area (Å²) in [5, 5.41) is 9.00. The SMILES string of the molecule is Cc1cc(C)c(C(N)=S)c(N(CCO)CC(F)F)n1. The molecule has 1 rings (SSSR count). The number of nitrogens with two attached hydrogens (primary N) is 1. The van der Waals surface area contributed by atoms with Gasteiger partial charge in [-0.3, -0.25) is 0 Å². The molecule has 0 bridgehead atoms. The molecule has 0 spiro atoms. The molecular weight excluding hydrogens is 272 g/mol. The van der Waals surface area contributed by atoms with Gasteiger partial charge in [0.05, 0.1) is 18.7 Å². The molecule has 0 atom stereocenters. The van der Waals surface area contributed by atoms with Gasteiger partial charge in [-0.15, -0.1) is 0 Å². The first-order valence-corrected chi connectivity index (χ1v) is 6.19. The second-order valence-corrected chi connectivity index (χ2v) is 4.64. The van der Waals surface area contributed by atoms with Gasteiger partial charge in [-0.25, -0.2) is 13.8 Å². The number of anilines is 1. The molecule has 3 N–H and O–H groups in total. The van der Waals surface area contributed by atoms with E-state index >= 15 is 0 Å². The number of hydrogen-bond acceptors (Lipinski definition) is 4. The van der Waals surface area contributed by atoms with Gasteiger partial charge in [0, 0.05) is 12.2 Å². The van der Waals surface area contributed by atoms with Crippen LogP contribution in [0.15, 0.2) is 6.07 Å². The van der Waals surface area contributed by atoms with Crippen molar-refractivity contribution in [3.05, 3.63) is 22.9 Å². The molecule has 1 heterocycles. The zero-order chi connectivity index (χ0) is 14.6. The molecule has 7 heteroatoms. The molecule has 106 valence electrons. The van der Waals surface area contributed by atoms with Gasteiger partial charge in [0.2, 0.25) is 0 Å². The maximum Gasteiger partial charge on any atom is 0.255 e. The van der Waals surface area contributed by atoms with Gasteiger partial charge in [-0.2, -0.15) is 0 Å². The number of halogens is 2. The molecule has 0 saturated heterocycles. The zero-order valence-corrected chi connectivity index (χ0v) is 11.7. The van der Waals surface area contributed by atoms with Crippen LogP contribution >= 0.6 is 12.2 Å². The first-order valence-electron chi connectivity index (χ1n) is 5.78. The monoisotopic (exact) mass is 289 g/mol. The summed E-state index contributed by atoms with van der Waals surface area (Å²) >= 11 is 4.96. The lowest BCUT2D eigenvalue weighted by molar-refractivity contribution is 0.152. The van der Waals surface area contributed by atoms with Gasteiger partial charge in [-0.1, -0.05) is 12.2 Å². The predicted molar refractivity (Wildman–Crippen MR) is 74.9 cm³/mol. The number of thiocarbonyl (C=S) groups is 1. The molecule has 1 aromatic rings. The van der Waals surface area contributed by atoms with Crippen molar-refractivity contribution in [3.63, 3.8) is 0 Å². The lowest BCUT2D eigenvalue weighted by Gasteiger charge is -2.25. The highest BCUT2D eigenvalue weighted by Crippen LogP contribution is 2.23. The van der Waals surface area contributed by atoms with Crippen LogP contribution in [-0.4, -0.2) is 41.2 Å². The highest BCUT2D eigenvalue weighted by Gasteiger charge is 2.20. The van der Waals surface area contributed by atoms with Crippen molar-refractivity contribution in [2.24, 2.45) is 5.73 Å². The minimum atomic E-state index is -2.53. The molecule has 0 aliphatic carbocycles. The van der Waals surface area contributed by atoms with Crippen LogP contribution in [0.4, 0.5) is 14.6 Å². The van der Waals surface area contributed by atoms with E-state index in [9.17, 15) is 8.78 Å². The Morgan fingerprint density at radius 1 is 1.53 bits per heavy atom. The summed E-state index contributed by atoms with van der Waals surface area (Å²) in [5.41, 5.74) is 7.60. The Morgan fingerprint density at radius 3 is 2.63 bits per heavy atom. The van der Waals surface area contributed by atoms with Gasteiger partial charge in [-0.05, 0) is 25.5 Å². The molecule has 0 aliphatic rings. The van der Waals surface area contributed by atoms with Crippen LogP contribution in [0.5, 0.6) is 0 Å². The Hall–Kier alpha value is -1.34. The van der Waals surface area contributed by atoms with Gasteiger partial charge in [0.15, 0.2) is 0 Å². The Labute approximate surface area is 116 Å². The number of nitrogens with zero attached hydrogens (tertiary/aromatic N) is 2. The van der Waals surface area contributed by atoms with Crippen molar-refractivity contribution in [1.82, 2.24) is 4.98 Å². The van der Waals surface area contributed by atoms with Gasteiger partial charge < -0.3 is 15.7 Å². The highest BCUT2D eigenvalue weighted by atomic mass is 32.1. The van der Waals surface area contributed by atoms with E-state index in [1.807, 2.05) is 0 Å². The number of alkyl halides is 2. The minimum absolute atomic E-state index is 0.0514. The molecule has 0 fully saturated rings. The number of aryl methyl sites for hydroxylation is 2. The summed E-state index contributed by atoms with van der Waals surface area (Å²) < 4.78 is 25.2. The lowest BCUT2D eigenvalue weighted by Crippen LogP contribution is -2.34. The Kier molecular flexibility index (Phi) is 5.56. The van der Waals surface area contributed by atoms with E-state index in [4.69, 9.17) is 23.1 Å². The van der Waals surface area contributed by atoms with Crippen molar-refractivity contribution < 1.29 is 13.9 Å². The zero-order valence-electron chi connectivity index (χ0n) is 10.9. The maximum atomic E-state index is 12.6. The predicted octanol–water partition coefficient (Wildman–Crippen LogP) is 1.40. The third-order valence-electron chi connectivity index (χ3n) is 2.60. The summed E-state index contributed by atoms with van der Waals surface area (Å²) in [5.74, 6) is 0.305. The lowest BCUT2D eigenvalue weighted by atomic mass is 10.1. The Bertz CT molecular complexity index is 469. The number of aromatic nitrogens is 1. The van der Waals surface area contributed by atoms with E-state index in [0.717, 1.165) is 5.56 Å². The van der Waals surface area contributed by atoms with E-state index in [-0.39, 0.29) is 18.1 Å². The van der Waals surface area contributed by atoms with E-state index in [1.165, 1.54) is 4.90 Å². The summed E-state index contributed by atoms with van der Waals surface area (Å²) in [7, 11) is 0. The number of pyridine rings is 1. The van der Waals surface area contributed by atoms with Crippen LogP contribution in [0.25, 0.3) is 0 Å². The van der Waals surface area contributed by atoms with Crippen molar-refractivity contribution in [3.8, 4) is 0 Å². The summed E-state index contributed by atoms with van der Waals surface area (Å²) in [6, 6.07) is 1.79. The van der Waals surface area contributed by atoms with Crippen molar-refractivity contribution >= 4 is 23.0 Å².